The van der Waals surface area contributed by atoms with Crippen LogP contribution in [0.5, 0.6) is 0 Å². The Morgan fingerprint density at radius 1 is 1.08 bits per heavy atom. The summed E-state index contributed by atoms with van der Waals surface area (Å²) in [4.78, 5) is 12.3. The van der Waals surface area contributed by atoms with Gasteiger partial charge in [0.2, 0.25) is 0 Å². The zero-order chi connectivity index (χ0) is 17.6. The molecule has 1 aliphatic rings. The molecule has 0 aromatic heterocycles. The van der Waals surface area contributed by atoms with Gasteiger partial charge in [0, 0.05) is 29.4 Å². The molecule has 0 heterocycles. The second-order valence-corrected chi connectivity index (χ2v) is 6.50. The molecule has 0 aliphatic heterocycles. The summed E-state index contributed by atoms with van der Waals surface area (Å²) in [5, 5.41) is 13.9. The van der Waals surface area contributed by atoms with Crippen molar-refractivity contribution in [2.45, 2.75) is 38.3 Å². The van der Waals surface area contributed by atoms with Crippen molar-refractivity contribution in [2.75, 3.05) is 5.32 Å². The smallest absolute Gasteiger partial charge is 0.251 e. The highest BCUT2D eigenvalue weighted by Crippen LogP contribution is 2.22. The first-order valence-electron chi connectivity index (χ1n) is 8.70. The second kappa shape index (κ2) is 9.25. The van der Waals surface area contributed by atoms with Crippen LogP contribution in [0.25, 0.3) is 0 Å². The van der Waals surface area contributed by atoms with E-state index in [1.807, 2.05) is 12.1 Å². The number of carbonyl (C=O) groups is 1. The lowest BCUT2D eigenvalue weighted by molar-refractivity contribution is 0.0951. The second-order valence-electron chi connectivity index (χ2n) is 6.50. The Balaban J connectivity index is 0.00000243. The van der Waals surface area contributed by atoms with Crippen molar-refractivity contribution < 1.29 is 4.79 Å². The number of benzene rings is 2. The lowest BCUT2D eigenvalue weighted by Crippen LogP contribution is -2.23. The number of nitrogens with one attached hydrogen (secondary N) is 3. The number of amidine groups is 1. The molecule has 1 fully saturated rings. The highest BCUT2D eigenvalue weighted by molar-refractivity contribution is 6.00. The predicted molar refractivity (Wildman–Crippen MR) is 108 cm³/mol. The first-order chi connectivity index (χ1) is 12.1. The number of nitrogen functional groups attached to an aromatic ring is 1. The van der Waals surface area contributed by atoms with Gasteiger partial charge in [-0.2, -0.15) is 0 Å². The summed E-state index contributed by atoms with van der Waals surface area (Å²) < 4.78 is 0. The summed E-state index contributed by atoms with van der Waals surface area (Å²) in [6, 6.07) is 15.6. The Morgan fingerprint density at radius 3 is 2.38 bits per heavy atom. The molecule has 2 aromatic carbocycles. The number of carbonyl (C=O) groups excluding carboxylic acids is 1. The van der Waals surface area contributed by atoms with E-state index in [1.165, 1.54) is 25.7 Å². The molecule has 1 saturated carbocycles. The average molecular weight is 373 g/mol. The summed E-state index contributed by atoms with van der Waals surface area (Å²) >= 11 is 0. The van der Waals surface area contributed by atoms with Crippen LogP contribution in [0.3, 0.4) is 0 Å². The van der Waals surface area contributed by atoms with Gasteiger partial charge in [-0.15, -0.1) is 12.4 Å². The third-order valence-corrected chi connectivity index (χ3v) is 4.57. The SMILES string of the molecule is Cl.N=C(N)c1cccc(C(=O)NCc2ccc(NC3CCCC3)cc2)c1. The minimum atomic E-state index is -0.170. The van der Waals surface area contributed by atoms with Crippen molar-refractivity contribution in [2.24, 2.45) is 5.73 Å². The molecule has 5 N–H and O–H groups in total. The van der Waals surface area contributed by atoms with Gasteiger partial charge in [-0.1, -0.05) is 37.1 Å². The molecule has 3 rings (SSSR count). The molecule has 0 radical (unpaired) electrons. The third-order valence-electron chi connectivity index (χ3n) is 4.57. The standard InChI is InChI=1S/C20H24N4O.ClH/c21-19(22)15-4-3-5-16(12-15)20(25)23-13-14-8-10-18(11-9-14)24-17-6-1-2-7-17;/h3-5,8-12,17,24H,1-2,6-7,13H2,(H3,21,22)(H,23,25);1H. The van der Waals surface area contributed by atoms with Crippen LogP contribution in [0.15, 0.2) is 48.5 Å². The highest BCUT2D eigenvalue weighted by atomic mass is 35.5. The third kappa shape index (κ3) is 5.23. The molecule has 6 heteroatoms. The first kappa shape index (κ1) is 19.8. The number of hydrogen-bond acceptors (Lipinski definition) is 3. The molecule has 26 heavy (non-hydrogen) atoms. The van der Waals surface area contributed by atoms with Crippen LogP contribution in [0.2, 0.25) is 0 Å². The van der Waals surface area contributed by atoms with Crippen molar-refractivity contribution in [3.8, 4) is 0 Å². The van der Waals surface area contributed by atoms with Gasteiger partial charge in [0.05, 0.1) is 0 Å². The summed E-state index contributed by atoms with van der Waals surface area (Å²) in [5.41, 5.74) is 8.71. The lowest BCUT2D eigenvalue weighted by atomic mass is 10.1. The monoisotopic (exact) mass is 372 g/mol. The topological polar surface area (TPSA) is 91.0 Å². The van der Waals surface area contributed by atoms with Crippen LogP contribution in [0.4, 0.5) is 5.69 Å². The zero-order valence-corrected chi connectivity index (χ0v) is 15.4. The number of amides is 1. The number of halogens is 1. The fourth-order valence-corrected chi connectivity index (χ4v) is 3.14. The molecule has 0 atom stereocenters. The molecular weight excluding hydrogens is 348 g/mol. The van der Waals surface area contributed by atoms with E-state index in [1.54, 1.807) is 24.3 Å². The van der Waals surface area contributed by atoms with Crippen molar-refractivity contribution in [3.63, 3.8) is 0 Å². The van der Waals surface area contributed by atoms with Crippen LogP contribution in [0.1, 0.15) is 47.2 Å². The highest BCUT2D eigenvalue weighted by Gasteiger charge is 2.14. The normalized spacial score (nSPS) is 13.7. The van der Waals surface area contributed by atoms with Crippen LogP contribution < -0.4 is 16.4 Å². The van der Waals surface area contributed by atoms with Crippen molar-refractivity contribution >= 4 is 29.8 Å². The number of rotatable bonds is 6. The largest absolute Gasteiger partial charge is 0.384 e. The van der Waals surface area contributed by atoms with Gasteiger partial charge < -0.3 is 16.4 Å². The van der Waals surface area contributed by atoms with E-state index >= 15 is 0 Å². The van der Waals surface area contributed by atoms with Crippen LogP contribution >= 0.6 is 12.4 Å². The average Bonchev–Trinajstić information content (AvgIpc) is 3.14. The molecule has 0 bridgehead atoms. The van der Waals surface area contributed by atoms with Crippen LogP contribution in [-0.4, -0.2) is 17.8 Å². The van der Waals surface area contributed by atoms with E-state index in [2.05, 4.69) is 22.8 Å². The first-order valence-corrected chi connectivity index (χ1v) is 8.70. The summed E-state index contributed by atoms with van der Waals surface area (Å²) in [6.07, 6.45) is 5.12. The Morgan fingerprint density at radius 2 is 1.73 bits per heavy atom. The molecule has 0 unspecified atom stereocenters. The van der Waals surface area contributed by atoms with Crippen molar-refractivity contribution in [1.29, 1.82) is 5.41 Å². The van der Waals surface area contributed by atoms with E-state index in [0.717, 1.165) is 11.3 Å². The summed E-state index contributed by atoms with van der Waals surface area (Å²) in [7, 11) is 0. The fourth-order valence-electron chi connectivity index (χ4n) is 3.14. The van der Waals surface area contributed by atoms with Crippen molar-refractivity contribution in [3.05, 3.63) is 65.2 Å². The molecule has 138 valence electrons. The molecule has 1 aliphatic carbocycles. The Hall–Kier alpha value is -2.53. The maximum atomic E-state index is 12.3. The minimum absolute atomic E-state index is 0. The Labute approximate surface area is 160 Å². The van der Waals surface area contributed by atoms with E-state index < -0.39 is 0 Å². The van der Waals surface area contributed by atoms with Crippen LogP contribution in [-0.2, 0) is 6.54 Å². The quantitative estimate of drug-likeness (QED) is 0.460. The van der Waals surface area contributed by atoms with E-state index in [-0.39, 0.29) is 24.1 Å². The number of hydrogen-bond donors (Lipinski definition) is 4. The van der Waals surface area contributed by atoms with Gasteiger partial charge in [-0.05, 0) is 42.7 Å². The molecule has 1 amide bonds. The molecule has 2 aromatic rings. The Kier molecular flexibility index (Phi) is 7.04. The van der Waals surface area contributed by atoms with E-state index in [4.69, 9.17) is 11.1 Å². The van der Waals surface area contributed by atoms with Gasteiger partial charge >= 0.3 is 0 Å². The van der Waals surface area contributed by atoms with Gasteiger partial charge in [0.25, 0.3) is 5.91 Å². The molecule has 0 saturated heterocycles. The fraction of sp³-hybridized carbons (Fsp3) is 0.300. The molecule has 0 spiro atoms. The summed E-state index contributed by atoms with van der Waals surface area (Å²) in [6.45, 7) is 0.465. The molecule has 5 nitrogen and oxygen atoms in total. The van der Waals surface area contributed by atoms with Gasteiger partial charge in [0.1, 0.15) is 5.84 Å². The maximum Gasteiger partial charge on any atom is 0.251 e. The van der Waals surface area contributed by atoms with Crippen LogP contribution in [0, 0.1) is 5.41 Å². The van der Waals surface area contributed by atoms with E-state index in [9.17, 15) is 4.79 Å². The molecular formula is C20H25ClN4O. The summed E-state index contributed by atoms with van der Waals surface area (Å²) in [5.74, 6) is -0.212. The number of nitrogens with two attached hydrogens (primary N) is 1. The van der Waals surface area contributed by atoms with Crippen molar-refractivity contribution in [1.82, 2.24) is 5.32 Å². The number of anilines is 1. The zero-order valence-electron chi connectivity index (χ0n) is 14.6. The lowest BCUT2D eigenvalue weighted by Gasteiger charge is -2.14. The minimum Gasteiger partial charge on any atom is -0.384 e. The maximum absolute atomic E-state index is 12.3. The van der Waals surface area contributed by atoms with Gasteiger partial charge in [0.15, 0.2) is 0 Å². The Bertz CT molecular complexity index is 755. The van der Waals surface area contributed by atoms with E-state index in [0.29, 0.717) is 23.7 Å². The van der Waals surface area contributed by atoms with Gasteiger partial charge in [-0.3, -0.25) is 10.2 Å². The predicted octanol–water partition coefficient (Wildman–Crippen LogP) is 3.68. The van der Waals surface area contributed by atoms with Gasteiger partial charge in [-0.25, -0.2) is 0 Å².